The van der Waals surface area contributed by atoms with Crippen LogP contribution >= 0.6 is 34.3 Å². The fraction of sp³-hybridized carbons (Fsp3) is 0.172. The molecular formula is C29H26ClN3O5S2. The molecule has 0 atom stereocenters. The highest BCUT2D eigenvalue weighted by Gasteiger charge is 2.21. The van der Waals surface area contributed by atoms with Crippen LogP contribution in [0.2, 0.25) is 0 Å². The number of carbonyl (C=O) groups excluding carboxylic acids is 3. The van der Waals surface area contributed by atoms with Crippen molar-refractivity contribution in [1.29, 1.82) is 0 Å². The van der Waals surface area contributed by atoms with E-state index in [1.165, 1.54) is 27.7 Å². The summed E-state index contributed by atoms with van der Waals surface area (Å²) < 4.78 is 10.7. The van der Waals surface area contributed by atoms with Crippen LogP contribution in [0.25, 0.3) is 0 Å². The van der Waals surface area contributed by atoms with E-state index in [9.17, 15) is 14.4 Å². The summed E-state index contributed by atoms with van der Waals surface area (Å²) in [6.07, 6.45) is 1.58. The topological polar surface area (TPSA) is 97.3 Å². The van der Waals surface area contributed by atoms with Gasteiger partial charge in [0.05, 0.1) is 29.7 Å². The molecule has 2 aromatic carbocycles. The number of ether oxygens (including phenoxy) is 2. The van der Waals surface area contributed by atoms with E-state index in [4.69, 9.17) is 21.1 Å². The van der Waals surface area contributed by atoms with Gasteiger partial charge in [-0.05, 0) is 89.8 Å². The number of thiophene rings is 2. The highest BCUT2D eigenvalue weighted by atomic mass is 35.5. The SMILES string of the molecule is COc1ccc(C2=NN(C(=O)c3ccc(NC(=O)c4cccs4)cc3)CCC2)cc1OC.O=C(Cl)c1cccs1. The van der Waals surface area contributed by atoms with Crippen molar-refractivity contribution < 1.29 is 23.9 Å². The van der Waals surface area contributed by atoms with Crippen molar-refractivity contribution in [2.75, 3.05) is 26.1 Å². The molecule has 0 fully saturated rings. The van der Waals surface area contributed by atoms with Crippen LogP contribution in [0.15, 0.2) is 82.6 Å². The Morgan fingerprint density at radius 2 is 1.57 bits per heavy atom. The molecule has 0 radical (unpaired) electrons. The molecule has 0 unspecified atom stereocenters. The van der Waals surface area contributed by atoms with Gasteiger partial charge in [-0.1, -0.05) is 12.1 Å². The first-order valence-corrected chi connectivity index (χ1v) is 14.3. The quantitative estimate of drug-likeness (QED) is 0.237. The number of hydrogen-bond acceptors (Lipinski definition) is 8. The number of hydrogen-bond donors (Lipinski definition) is 1. The largest absolute Gasteiger partial charge is 0.493 e. The van der Waals surface area contributed by atoms with E-state index in [1.54, 1.807) is 56.7 Å². The molecule has 40 heavy (non-hydrogen) atoms. The number of amides is 2. The van der Waals surface area contributed by atoms with Crippen LogP contribution in [0.1, 0.15) is 48.1 Å². The number of nitrogens with zero attached hydrogens (tertiary/aromatic N) is 2. The average molecular weight is 596 g/mol. The van der Waals surface area contributed by atoms with Crippen molar-refractivity contribution in [3.8, 4) is 11.5 Å². The molecule has 8 nitrogen and oxygen atoms in total. The molecule has 0 spiro atoms. The van der Waals surface area contributed by atoms with Crippen LogP contribution in [0.3, 0.4) is 0 Å². The molecule has 4 aromatic rings. The third kappa shape index (κ3) is 7.35. The van der Waals surface area contributed by atoms with Gasteiger partial charge in [-0.3, -0.25) is 14.4 Å². The van der Waals surface area contributed by atoms with Gasteiger partial charge in [0, 0.05) is 23.4 Å². The van der Waals surface area contributed by atoms with E-state index >= 15 is 0 Å². The fourth-order valence-electron chi connectivity index (χ4n) is 3.84. The van der Waals surface area contributed by atoms with E-state index in [-0.39, 0.29) is 17.1 Å². The Kier molecular flexibility index (Phi) is 10.1. The predicted molar refractivity (Wildman–Crippen MR) is 160 cm³/mol. The van der Waals surface area contributed by atoms with Crippen LogP contribution in [0.5, 0.6) is 11.5 Å². The highest BCUT2D eigenvalue weighted by Crippen LogP contribution is 2.29. The van der Waals surface area contributed by atoms with E-state index < -0.39 is 0 Å². The van der Waals surface area contributed by atoms with E-state index in [2.05, 4.69) is 10.4 Å². The zero-order valence-corrected chi connectivity index (χ0v) is 24.1. The van der Waals surface area contributed by atoms with E-state index in [1.807, 2.05) is 35.0 Å². The Morgan fingerprint density at radius 3 is 2.15 bits per heavy atom. The third-order valence-electron chi connectivity index (χ3n) is 5.83. The van der Waals surface area contributed by atoms with Gasteiger partial charge in [0.1, 0.15) is 0 Å². The Hall–Kier alpha value is -3.99. The van der Waals surface area contributed by atoms with Crippen LogP contribution in [-0.2, 0) is 0 Å². The van der Waals surface area contributed by atoms with Gasteiger partial charge >= 0.3 is 0 Å². The summed E-state index contributed by atoms with van der Waals surface area (Å²) in [6.45, 7) is 0.548. The lowest BCUT2D eigenvalue weighted by Crippen LogP contribution is -2.32. The summed E-state index contributed by atoms with van der Waals surface area (Å²) in [6, 6.07) is 19.6. The molecule has 1 aliphatic rings. The summed E-state index contributed by atoms with van der Waals surface area (Å²) >= 11 is 7.84. The van der Waals surface area contributed by atoms with Gasteiger partial charge in [-0.2, -0.15) is 5.10 Å². The van der Waals surface area contributed by atoms with Crippen molar-refractivity contribution in [3.05, 3.63) is 98.4 Å². The van der Waals surface area contributed by atoms with Gasteiger partial charge in [0.15, 0.2) is 11.5 Å². The van der Waals surface area contributed by atoms with Crippen molar-refractivity contribution in [2.24, 2.45) is 5.10 Å². The van der Waals surface area contributed by atoms with Crippen molar-refractivity contribution in [2.45, 2.75) is 12.8 Å². The maximum atomic E-state index is 13.0. The van der Waals surface area contributed by atoms with Crippen LogP contribution in [0.4, 0.5) is 5.69 Å². The molecule has 0 saturated carbocycles. The maximum Gasteiger partial charge on any atom is 0.273 e. The van der Waals surface area contributed by atoms with Gasteiger partial charge < -0.3 is 14.8 Å². The van der Waals surface area contributed by atoms with Crippen LogP contribution in [-0.4, -0.2) is 48.5 Å². The second-order valence-corrected chi connectivity index (χ2v) is 10.6. The predicted octanol–water partition coefficient (Wildman–Crippen LogP) is 6.79. The number of nitrogens with one attached hydrogen (secondary N) is 1. The number of rotatable bonds is 7. The number of halogens is 1. The lowest BCUT2D eigenvalue weighted by molar-refractivity contribution is 0.0751. The van der Waals surface area contributed by atoms with E-state index in [0.717, 1.165) is 24.1 Å². The third-order valence-corrected chi connectivity index (χ3v) is 7.88. The minimum Gasteiger partial charge on any atom is -0.493 e. The molecule has 11 heteroatoms. The zero-order valence-electron chi connectivity index (χ0n) is 21.8. The number of hydrazone groups is 1. The molecule has 0 aliphatic carbocycles. The number of carbonyl (C=O) groups is 3. The normalized spacial score (nSPS) is 12.5. The molecule has 2 amide bonds. The van der Waals surface area contributed by atoms with Crippen molar-refractivity contribution in [3.63, 3.8) is 0 Å². The average Bonchev–Trinajstić information content (AvgIpc) is 3.73. The lowest BCUT2D eigenvalue weighted by Gasteiger charge is -2.24. The first-order valence-electron chi connectivity index (χ1n) is 12.2. The fourth-order valence-corrected chi connectivity index (χ4v) is 5.21. The van der Waals surface area contributed by atoms with Gasteiger partial charge in [0.25, 0.3) is 17.1 Å². The van der Waals surface area contributed by atoms with Gasteiger partial charge in [-0.15, -0.1) is 22.7 Å². The molecule has 0 bridgehead atoms. The molecule has 1 aliphatic heterocycles. The van der Waals surface area contributed by atoms with E-state index in [0.29, 0.717) is 39.0 Å². The molecule has 0 saturated heterocycles. The van der Waals surface area contributed by atoms with Gasteiger partial charge in [0.2, 0.25) is 0 Å². The minimum absolute atomic E-state index is 0.167. The smallest absolute Gasteiger partial charge is 0.273 e. The number of anilines is 1. The number of benzene rings is 2. The molecule has 2 aromatic heterocycles. The molecule has 206 valence electrons. The standard InChI is InChI=1S/C24H23N3O4S.C5H3ClOS/c1-30-20-12-9-17(15-21(20)31-2)19-5-3-13-27(26-19)24(29)16-7-10-18(11-8-16)25-23(28)22-6-4-14-32-22;6-5(7)4-2-1-3-8-4/h4,6-12,14-15H,3,5,13H2,1-2H3,(H,25,28);1-3H. The summed E-state index contributed by atoms with van der Waals surface area (Å²) in [5.74, 6) is 0.918. The molecular weight excluding hydrogens is 570 g/mol. The summed E-state index contributed by atoms with van der Waals surface area (Å²) in [5.41, 5.74) is 2.86. The number of methoxy groups -OCH3 is 2. The first kappa shape index (κ1) is 29.0. The van der Waals surface area contributed by atoms with Crippen LogP contribution < -0.4 is 14.8 Å². The maximum absolute atomic E-state index is 13.0. The monoisotopic (exact) mass is 595 g/mol. The minimum atomic E-state index is -0.375. The Balaban J connectivity index is 0.000000398. The van der Waals surface area contributed by atoms with Crippen LogP contribution in [0, 0.1) is 0 Å². The molecule has 3 heterocycles. The molecule has 1 N–H and O–H groups in total. The van der Waals surface area contributed by atoms with Crippen molar-refractivity contribution >= 4 is 62.7 Å². The second kappa shape index (κ2) is 13.9. The molecule has 5 rings (SSSR count). The Morgan fingerprint density at radius 1 is 0.900 bits per heavy atom. The Bertz CT molecular complexity index is 1490. The summed E-state index contributed by atoms with van der Waals surface area (Å²) in [4.78, 5) is 36.7. The summed E-state index contributed by atoms with van der Waals surface area (Å²) in [5, 5.41) is 12.2. The van der Waals surface area contributed by atoms with Gasteiger partial charge in [-0.25, -0.2) is 5.01 Å². The lowest BCUT2D eigenvalue weighted by atomic mass is 10.0. The Labute approximate surface area is 244 Å². The summed E-state index contributed by atoms with van der Waals surface area (Å²) in [7, 11) is 3.18. The highest BCUT2D eigenvalue weighted by molar-refractivity contribution is 7.14. The zero-order chi connectivity index (χ0) is 28.5. The second-order valence-electron chi connectivity index (χ2n) is 8.41. The van der Waals surface area contributed by atoms with Crippen molar-refractivity contribution in [1.82, 2.24) is 5.01 Å². The first-order chi connectivity index (χ1) is 19.4.